The van der Waals surface area contributed by atoms with E-state index in [1.807, 2.05) is 4.90 Å². The molecule has 3 aliphatic heterocycles. The fourth-order valence-corrected chi connectivity index (χ4v) is 5.46. The average molecular weight is 607 g/mol. The molecule has 1 aromatic carbocycles. The molecular formula is C24H26F9N3O5. The number of aliphatic carboxylic acids is 1. The van der Waals surface area contributed by atoms with Gasteiger partial charge in [-0.2, -0.15) is 39.5 Å². The molecule has 1 unspecified atom stereocenters. The lowest BCUT2D eigenvalue weighted by atomic mass is 9.72. The van der Waals surface area contributed by atoms with Crippen molar-refractivity contribution in [3.05, 3.63) is 29.3 Å². The van der Waals surface area contributed by atoms with Gasteiger partial charge >= 0.3 is 30.6 Å². The molecule has 4 rings (SSSR count). The second-order valence-corrected chi connectivity index (χ2v) is 10.5. The Balaban J connectivity index is 1.38. The summed E-state index contributed by atoms with van der Waals surface area (Å²) in [5.74, 6) is -1.24. The van der Waals surface area contributed by atoms with Crippen LogP contribution in [-0.2, 0) is 27.0 Å². The number of likely N-dealkylation sites (tertiary alicyclic amines) is 2. The summed E-state index contributed by atoms with van der Waals surface area (Å²) in [7, 11) is 0. The van der Waals surface area contributed by atoms with E-state index in [0.717, 1.165) is 17.0 Å². The molecule has 3 saturated heterocycles. The van der Waals surface area contributed by atoms with E-state index >= 15 is 0 Å². The van der Waals surface area contributed by atoms with Crippen LogP contribution in [0.5, 0.6) is 0 Å². The molecular weight excluding hydrogens is 581 g/mol. The summed E-state index contributed by atoms with van der Waals surface area (Å²) in [4.78, 5) is 27.6. The van der Waals surface area contributed by atoms with Crippen molar-refractivity contribution in [3.63, 3.8) is 0 Å². The van der Waals surface area contributed by atoms with E-state index in [4.69, 9.17) is 4.74 Å². The number of carbonyl (C=O) groups is 2. The molecule has 1 amide bonds. The summed E-state index contributed by atoms with van der Waals surface area (Å²) in [5.41, 5.74) is -0.984. The number of halogens is 9. The summed E-state index contributed by atoms with van der Waals surface area (Å²) in [6, 6.07) is 2.19. The highest BCUT2D eigenvalue weighted by Gasteiger charge is 2.60. The van der Waals surface area contributed by atoms with Crippen molar-refractivity contribution in [1.29, 1.82) is 0 Å². The Kier molecular flexibility index (Phi) is 8.34. The number of ether oxygens (including phenoxy) is 2. The molecule has 1 aromatic rings. The molecule has 0 aliphatic carbocycles. The summed E-state index contributed by atoms with van der Waals surface area (Å²) in [5, 5.41) is 9.48. The third-order valence-electron chi connectivity index (χ3n) is 7.47. The van der Waals surface area contributed by atoms with E-state index in [0.29, 0.717) is 13.1 Å². The molecule has 1 spiro atoms. The minimum absolute atomic E-state index is 0.0795. The summed E-state index contributed by atoms with van der Waals surface area (Å²) < 4.78 is 126. The van der Waals surface area contributed by atoms with Gasteiger partial charge in [0, 0.05) is 45.0 Å². The van der Waals surface area contributed by atoms with Crippen molar-refractivity contribution >= 4 is 17.7 Å². The number of alkyl halides is 9. The van der Waals surface area contributed by atoms with Gasteiger partial charge in [0.15, 0.2) is 6.04 Å². The van der Waals surface area contributed by atoms with Gasteiger partial charge in [-0.1, -0.05) is 0 Å². The monoisotopic (exact) mass is 607 g/mol. The van der Waals surface area contributed by atoms with Crippen molar-refractivity contribution in [2.45, 2.75) is 50.1 Å². The Morgan fingerprint density at radius 1 is 0.976 bits per heavy atom. The molecule has 1 atom stereocenters. The summed E-state index contributed by atoms with van der Waals surface area (Å²) >= 11 is 0. The van der Waals surface area contributed by atoms with Crippen LogP contribution in [0.15, 0.2) is 18.2 Å². The first kappa shape index (κ1) is 31.0. The number of carboxylic acids is 1. The third-order valence-corrected chi connectivity index (χ3v) is 7.47. The zero-order valence-electron chi connectivity index (χ0n) is 21.3. The maximum absolute atomic E-state index is 13.7. The van der Waals surface area contributed by atoms with Crippen LogP contribution in [0.1, 0.15) is 24.0 Å². The SMILES string of the molecule is O=C(O)C1COCCN1c1cc(CN2CC3(CCN(C(=O)OC(C(F)(F)F)C(F)(F)F)CC3)C2)cc(C(F)(F)F)c1. The van der Waals surface area contributed by atoms with Gasteiger partial charge in [-0.15, -0.1) is 0 Å². The second-order valence-electron chi connectivity index (χ2n) is 10.5. The van der Waals surface area contributed by atoms with Gasteiger partial charge in [0.2, 0.25) is 0 Å². The molecule has 0 aromatic heterocycles. The standard InChI is InChI=1S/C24H26F9N3O5/c25-22(26,27)15-7-14(8-16(9-15)36-5-6-40-11-17(36)18(37)38)10-34-12-21(13-34)1-3-35(4-2-21)20(39)41-19(23(28,29)30)24(31,32)33/h7-9,17,19H,1-6,10-13H2,(H,37,38). The number of anilines is 1. The van der Waals surface area contributed by atoms with Gasteiger partial charge < -0.3 is 24.4 Å². The van der Waals surface area contributed by atoms with Crippen molar-refractivity contribution in [3.8, 4) is 0 Å². The Morgan fingerprint density at radius 3 is 2.12 bits per heavy atom. The van der Waals surface area contributed by atoms with Gasteiger partial charge in [-0.25, -0.2) is 9.59 Å². The molecule has 0 radical (unpaired) electrons. The van der Waals surface area contributed by atoms with Crippen LogP contribution in [0, 0.1) is 5.41 Å². The minimum atomic E-state index is -5.82. The van der Waals surface area contributed by atoms with E-state index in [1.165, 1.54) is 11.0 Å². The highest BCUT2D eigenvalue weighted by molar-refractivity contribution is 5.79. The lowest BCUT2D eigenvalue weighted by Gasteiger charge is -2.54. The molecule has 17 heteroatoms. The molecule has 230 valence electrons. The topological polar surface area (TPSA) is 82.6 Å². The Morgan fingerprint density at radius 2 is 1.59 bits per heavy atom. The van der Waals surface area contributed by atoms with E-state index in [9.17, 15) is 54.2 Å². The second kappa shape index (κ2) is 11.0. The number of hydrogen-bond acceptors (Lipinski definition) is 6. The summed E-state index contributed by atoms with van der Waals surface area (Å²) in [6.07, 6.45) is -21.8. The molecule has 8 nitrogen and oxygen atoms in total. The Bertz CT molecular complexity index is 1110. The van der Waals surface area contributed by atoms with Gasteiger partial charge in [-0.05, 0) is 42.0 Å². The van der Waals surface area contributed by atoms with E-state index in [1.54, 1.807) is 0 Å². The van der Waals surface area contributed by atoms with Crippen molar-refractivity contribution in [2.75, 3.05) is 50.8 Å². The van der Waals surface area contributed by atoms with Crippen LogP contribution in [0.25, 0.3) is 0 Å². The molecule has 0 saturated carbocycles. The van der Waals surface area contributed by atoms with Crippen molar-refractivity contribution in [2.24, 2.45) is 5.41 Å². The van der Waals surface area contributed by atoms with Crippen LogP contribution in [0.3, 0.4) is 0 Å². The zero-order valence-corrected chi connectivity index (χ0v) is 21.3. The van der Waals surface area contributed by atoms with Gasteiger partial charge in [0.05, 0.1) is 18.8 Å². The highest BCUT2D eigenvalue weighted by Crippen LogP contribution is 2.43. The number of hydrogen-bond donors (Lipinski definition) is 1. The number of piperidine rings is 1. The maximum Gasteiger partial charge on any atom is 0.434 e. The van der Waals surface area contributed by atoms with E-state index in [2.05, 4.69) is 4.74 Å². The average Bonchev–Trinajstić information content (AvgIpc) is 2.84. The van der Waals surface area contributed by atoms with Crippen molar-refractivity contribution < 1.29 is 63.7 Å². The number of nitrogens with zero attached hydrogens (tertiary/aromatic N) is 3. The van der Waals surface area contributed by atoms with E-state index < -0.39 is 53.7 Å². The number of carbonyl (C=O) groups excluding carboxylic acids is 1. The number of rotatable bonds is 5. The lowest BCUT2D eigenvalue weighted by molar-refractivity contribution is -0.308. The zero-order chi connectivity index (χ0) is 30.4. The molecule has 1 N–H and O–H groups in total. The smallest absolute Gasteiger partial charge is 0.434 e. The maximum atomic E-state index is 13.7. The van der Waals surface area contributed by atoms with Gasteiger partial charge in [0.25, 0.3) is 6.10 Å². The minimum Gasteiger partial charge on any atom is -0.480 e. The summed E-state index contributed by atoms with van der Waals surface area (Å²) in [6.45, 7) is 0.595. The Hall–Kier alpha value is -2.95. The van der Waals surface area contributed by atoms with Gasteiger partial charge in [0.1, 0.15) is 0 Å². The number of benzene rings is 1. The van der Waals surface area contributed by atoms with Crippen LogP contribution in [0.2, 0.25) is 0 Å². The van der Waals surface area contributed by atoms with Gasteiger partial charge in [-0.3, -0.25) is 4.90 Å². The van der Waals surface area contributed by atoms with Crippen LogP contribution in [0.4, 0.5) is 50.0 Å². The fourth-order valence-electron chi connectivity index (χ4n) is 5.46. The largest absolute Gasteiger partial charge is 0.480 e. The highest BCUT2D eigenvalue weighted by atomic mass is 19.4. The lowest BCUT2D eigenvalue weighted by Crippen LogP contribution is -2.60. The van der Waals surface area contributed by atoms with Crippen LogP contribution >= 0.6 is 0 Å². The number of amides is 1. The number of carboxylic acid groups (broad SMARTS) is 1. The first-order valence-electron chi connectivity index (χ1n) is 12.5. The normalized spacial score (nSPS) is 22.1. The van der Waals surface area contributed by atoms with Crippen molar-refractivity contribution in [1.82, 2.24) is 9.80 Å². The Labute approximate surface area is 227 Å². The molecule has 41 heavy (non-hydrogen) atoms. The fraction of sp³-hybridized carbons (Fsp3) is 0.667. The first-order chi connectivity index (χ1) is 18.9. The number of morpholine rings is 1. The van der Waals surface area contributed by atoms with Crippen LogP contribution < -0.4 is 4.90 Å². The van der Waals surface area contributed by atoms with E-state index in [-0.39, 0.29) is 63.5 Å². The predicted octanol–water partition coefficient (Wildman–Crippen LogP) is 4.52. The molecule has 3 aliphatic rings. The molecule has 0 bridgehead atoms. The predicted molar refractivity (Wildman–Crippen MR) is 122 cm³/mol. The third kappa shape index (κ3) is 7.10. The molecule has 3 heterocycles. The quantitative estimate of drug-likeness (QED) is 0.493. The first-order valence-corrected chi connectivity index (χ1v) is 12.5. The molecule has 3 fully saturated rings. The van der Waals surface area contributed by atoms with Crippen LogP contribution in [-0.4, -0.2) is 97.4 Å².